The Kier molecular flexibility index (Phi) is 18.8. The molecule has 5 N–H and O–H groups in total. The van der Waals surface area contributed by atoms with Gasteiger partial charge >= 0.3 is 0 Å². The molecule has 0 radical (unpaired) electrons. The zero-order valence-electron chi connectivity index (χ0n) is 41.6. The van der Waals surface area contributed by atoms with Gasteiger partial charge in [0.05, 0.1) is 47.7 Å². The molecular weight excluding hydrogens is 977 g/mol. The Labute approximate surface area is 431 Å². The van der Waals surface area contributed by atoms with Crippen LogP contribution in [0.4, 0.5) is 5.13 Å². The minimum Gasteiger partial charge on any atom is -0.484 e. The molecule has 0 bridgehead atoms. The fourth-order valence-electron chi connectivity index (χ4n) is 8.09. The van der Waals surface area contributed by atoms with E-state index in [1.165, 1.54) is 34.4 Å². The molecule has 0 unspecified atom stereocenters. The van der Waals surface area contributed by atoms with Crippen LogP contribution in [0.5, 0.6) is 5.75 Å². The Bertz CT molecular complexity index is 2700. The van der Waals surface area contributed by atoms with Gasteiger partial charge in [-0.2, -0.15) is 0 Å². The number of likely N-dealkylation sites (tertiary alicyclic amines) is 1. The molecule has 2 aliphatic rings. The van der Waals surface area contributed by atoms with Crippen LogP contribution < -0.4 is 26.0 Å². The Morgan fingerprint density at radius 1 is 0.849 bits per heavy atom. The number of aliphatic hydroxyl groups excluding tert-OH is 1. The lowest BCUT2D eigenvalue weighted by atomic mass is 9.85. The van der Waals surface area contributed by atoms with Crippen molar-refractivity contribution in [2.24, 2.45) is 5.41 Å². The Morgan fingerprint density at radius 2 is 1.60 bits per heavy atom. The van der Waals surface area contributed by atoms with E-state index in [4.69, 9.17) is 14.2 Å². The third kappa shape index (κ3) is 15.2. The van der Waals surface area contributed by atoms with Crippen molar-refractivity contribution in [3.8, 4) is 27.6 Å². The van der Waals surface area contributed by atoms with E-state index < -0.39 is 59.7 Å². The van der Waals surface area contributed by atoms with Crippen molar-refractivity contribution in [3.63, 3.8) is 0 Å². The number of aromatic nitrogens is 3. The molecule has 20 nitrogen and oxygen atoms in total. The SMILES string of the molecule is Cc1ncsc1-c1ccc(CNC(=O)[C@@H]2C[C@@H](O)CN2C(=O)[C@@H](NC(=O)COCCOCCNC(=O)COc2cc(C(=O)Nc3nc(-c4ccccn4)cs3)cc(C(=O)N3CCN(C)CC3)c2)C(C)(C)C)cc1. The van der Waals surface area contributed by atoms with Crippen molar-refractivity contribution in [1.29, 1.82) is 0 Å². The van der Waals surface area contributed by atoms with Crippen LogP contribution in [0.3, 0.4) is 0 Å². The van der Waals surface area contributed by atoms with Crippen LogP contribution in [0, 0.1) is 12.3 Å². The zero-order chi connectivity index (χ0) is 52.1. The van der Waals surface area contributed by atoms with Crippen molar-refractivity contribution >= 4 is 63.2 Å². The minimum atomic E-state index is -1.02. The van der Waals surface area contributed by atoms with Crippen LogP contribution in [0.15, 0.2) is 77.8 Å². The fourth-order valence-corrected chi connectivity index (χ4v) is 9.60. The number of nitrogens with zero attached hydrogens (tertiary/aromatic N) is 6. The van der Waals surface area contributed by atoms with Gasteiger partial charge in [-0.1, -0.05) is 51.1 Å². The maximum absolute atomic E-state index is 14.0. The largest absolute Gasteiger partial charge is 0.484 e. The summed E-state index contributed by atoms with van der Waals surface area (Å²) < 4.78 is 16.9. The summed E-state index contributed by atoms with van der Waals surface area (Å²) in [5.74, 6) is -2.52. The van der Waals surface area contributed by atoms with E-state index >= 15 is 0 Å². The predicted octanol–water partition coefficient (Wildman–Crippen LogP) is 3.61. The summed E-state index contributed by atoms with van der Waals surface area (Å²) >= 11 is 2.79. The van der Waals surface area contributed by atoms with Gasteiger partial charge in [-0.15, -0.1) is 22.7 Å². The molecule has 2 aromatic carbocycles. The summed E-state index contributed by atoms with van der Waals surface area (Å²) in [4.78, 5) is 99.8. The van der Waals surface area contributed by atoms with Gasteiger partial charge < -0.3 is 50.0 Å². The number of β-amino-alcohol motifs (C(OH)–C–C–N with tert-alkyl or cyclic N) is 1. The van der Waals surface area contributed by atoms with Gasteiger partial charge in [-0.25, -0.2) is 9.97 Å². The highest BCUT2D eigenvalue weighted by Gasteiger charge is 2.44. The zero-order valence-corrected chi connectivity index (χ0v) is 43.2. The molecule has 22 heteroatoms. The fraction of sp³-hybridized carbons (Fsp3) is 0.431. The number of anilines is 1. The van der Waals surface area contributed by atoms with Gasteiger partial charge in [-0.05, 0) is 60.8 Å². The molecule has 0 spiro atoms. The standard InChI is InChI=1S/C51H62N10O10S2/c1-32-44(73-31-55-32)34-11-9-33(10-12-34)26-54-47(66)41-25-37(62)27-61(41)49(68)45(51(2,3)4)57-43(64)28-70-21-20-69-19-14-53-42(63)29-71-38-23-35(22-36(24-38)48(67)60-17-15-59(5)16-18-60)46(65)58-50-56-40(30-72-50)39-8-6-7-13-52-39/h6-13,22-24,30-31,37,41,45,62H,14-21,25-29H2,1-5H3,(H,53,63)(H,54,66)(H,57,64)(H,56,58,65)/t37-,41+,45-/m1/s1. The summed E-state index contributed by atoms with van der Waals surface area (Å²) in [6.07, 6.45) is 0.814. The quantitative estimate of drug-likeness (QED) is 0.0660. The topological polar surface area (TPSA) is 247 Å². The molecule has 5 aromatic rings. The normalized spacial score (nSPS) is 16.4. The van der Waals surface area contributed by atoms with Crippen molar-refractivity contribution in [3.05, 3.63) is 100 Å². The van der Waals surface area contributed by atoms with Crippen molar-refractivity contribution in [2.45, 2.75) is 58.8 Å². The number of carbonyl (C=O) groups excluding carboxylic acids is 6. The third-order valence-electron chi connectivity index (χ3n) is 12.1. The molecule has 388 valence electrons. The maximum atomic E-state index is 14.0. The molecule has 3 atom stereocenters. The molecule has 0 saturated carbocycles. The van der Waals surface area contributed by atoms with E-state index in [1.807, 2.05) is 50.4 Å². The number of carbonyl (C=O) groups is 6. The number of hydrogen-bond donors (Lipinski definition) is 5. The van der Waals surface area contributed by atoms with Crippen molar-refractivity contribution in [1.82, 2.24) is 45.6 Å². The van der Waals surface area contributed by atoms with Gasteiger partial charge in [0.2, 0.25) is 17.7 Å². The molecule has 73 heavy (non-hydrogen) atoms. The molecule has 2 aliphatic heterocycles. The molecular formula is C51H62N10O10S2. The van der Waals surface area contributed by atoms with E-state index in [0.29, 0.717) is 42.7 Å². The van der Waals surface area contributed by atoms with Gasteiger partial charge in [-0.3, -0.25) is 39.1 Å². The number of nitrogens with one attached hydrogen (secondary N) is 4. The number of ether oxygens (including phenoxy) is 3. The Balaban J connectivity index is 0.823. The van der Waals surface area contributed by atoms with E-state index in [1.54, 1.807) is 60.2 Å². The number of piperazine rings is 1. The molecule has 2 fully saturated rings. The van der Waals surface area contributed by atoms with E-state index in [2.05, 4.69) is 41.1 Å². The molecule has 5 heterocycles. The highest BCUT2D eigenvalue weighted by molar-refractivity contribution is 7.14. The molecule has 7 rings (SSSR count). The monoisotopic (exact) mass is 1040 g/mol. The van der Waals surface area contributed by atoms with Crippen LogP contribution in [0.1, 0.15) is 59.2 Å². The summed E-state index contributed by atoms with van der Waals surface area (Å²) in [5.41, 5.74) is 5.55. The summed E-state index contributed by atoms with van der Waals surface area (Å²) in [5, 5.41) is 23.9. The second-order valence-corrected chi connectivity index (χ2v) is 20.5. The number of aryl methyl sites for hydroxylation is 1. The number of hydrogen-bond acceptors (Lipinski definition) is 16. The van der Waals surface area contributed by atoms with Crippen LogP contribution in [-0.4, -0.2) is 168 Å². The van der Waals surface area contributed by atoms with E-state index in [-0.39, 0.29) is 75.3 Å². The maximum Gasteiger partial charge on any atom is 0.258 e. The first-order valence-corrected chi connectivity index (χ1v) is 25.7. The lowest BCUT2D eigenvalue weighted by Gasteiger charge is -2.35. The van der Waals surface area contributed by atoms with Crippen LogP contribution in [0.25, 0.3) is 21.8 Å². The first-order valence-electron chi connectivity index (χ1n) is 23.9. The average molecular weight is 1040 g/mol. The van der Waals surface area contributed by atoms with E-state index in [0.717, 1.165) is 21.7 Å². The Morgan fingerprint density at radius 3 is 2.32 bits per heavy atom. The van der Waals surface area contributed by atoms with Gasteiger partial charge in [0.25, 0.3) is 17.7 Å². The summed E-state index contributed by atoms with van der Waals surface area (Å²) in [7, 11) is 1.99. The number of amides is 6. The van der Waals surface area contributed by atoms with Gasteiger partial charge in [0.1, 0.15) is 30.1 Å². The first kappa shape index (κ1) is 54.1. The van der Waals surface area contributed by atoms with Crippen LogP contribution in [0.2, 0.25) is 0 Å². The number of likely N-dealkylation sites (N-methyl/N-ethyl adjacent to an activating group) is 1. The number of aliphatic hydroxyl groups is 1. The van der Waals surface area contributed by atoms with Crippen molar-refractivity contribution in [2.75, 3.05) is 84.7 Å². The highest BCUT2D eigenvalue weighted by Crippen LogP contribution is 2.29. The van der Waals surface area contributed by atoms with Gasteiger partial charge in [0.15, 0.2) is 11.7 Å². The third-order valence-corrected chi connectivity index (χ3v) is 13.8. The first-order chi connectivity index (χ1) is 35.0. The van der Waals surface area contributed by atoms with Crippen molar-refractivity contribution < 1.29 is 48.1 Å². The lowest BCUT2D eigenvalue weighted by molar-refractivity contribution is -0.144. The number of thiazole rings is 2. The number of benzene rings is 2. The minimum absolute atomic E-state index is 0.0415. The molecule has 2 saturated heterocycles. The summed E-state index contributed by atoms with van der Waals surface area (Å²) in [6, 6.07) is 15.8. The van der Waals surface area contributed by atoms with Crippen LogP contribution in [-0.2, 0) is 35.2 Å². The second-order valence-electron chi connectivity index (χ2n) is 18.8. The number of pyridine rings is 1. The Hall–Kier alpha value is -6.69. The van der Waals surface area contributed by atoms with E-state index in [9.17, 15) is 33.9 Å². The molecule has 0 aliphatic carbocycles. The average Bonchev–Trinajstić information content (AvgIpc) is 4.14. The lowest BCUT2D eigenvalue weighted by Crippen LogP contribution is -2.58. The highest BCUT2D eigenvalue weighted by atomic mass is 32.1. The predicted molar refractivity (Wildman–Crippen MR) is 275 cm³/mol. The molecule has 6 amide bonds. The number of rotatable bonds is 21. The van der Waals surface area contributed by atoms with Crippen LogP contribution >= 0.6 is 22.7 Å². The summed E-state index contributed by atoms with van der Waals surface area (Å²) in [6.45, 7) is 9.61. The second kappa shape index (κ2) is 25.3. The molecule has 3 aromatic heterocycles. The van der Waals surface area contributed by atoms with Gasteiger partial charge in [0, 0.05) is 74.9 Å². The smallest absolute Gasteiger partial charge is 0.258 e.